The lowest BCUT2D eigenvalue weighted by molar-refractivity contribution is -0.130. The van der Waals surface area contributed by atoms with Gasteiger partial charge in [0, 0.05) is 19.9 Å². The van der Waals surface area contributed by atoms with Crippen molar-refractivity contribution in [1.82, 2.24) is 4.90 Å². The van der Waals surface area contributed by atoms with E-state index in [-0.39, 0.29) is 17.2 Å². The van der Waals surface area contributed by atoms with Crippen molar-refractivity contribution in [3.63, 3.8) is 0 Å². The van der Waals surface area contributed by atoms with Crippen LogP contribution in [0.2, 0.25) is 18.1 Å². The average Bonchev–Trinajstić information content (AvgIpc) is 2.33. The number of hydrogen-bond donors (Lipinski definition) is 0. The third-order valence-electron chi connectivity index (χ3n) is 3.67. The Kier molecular flexibility index (Phi) is 3.31. The first-order valence-corrected chi connectivity index (χ1v) is 8.49. The van der Waals surface area contributed by atoms with E-state index in [1.54, 1.807) is 4.90 Å². The quantitative estimate of drug-likeness (QED) is 0.681. The Morgan fingerprint density at radius 3 is 2.27 bits per heavy atom. The molecule has 1 saturated heterocycles. The summed E-state index contributed by atoms with van der Waals surface area (Å²) in [5.41, 5.74) is 0. The van der Waals surface area contributed by atoms with Crippen LogP contribution >= 0.6 is 0 Å². The number of carbonyl (C=O) groups excluding carboxylic acids is 1. The maximum Gasteiger partial charge on any atom is 0.224 e. The van der Waals surface area contributed by atoms with Gasteiger partial charge < -0.3 is 9.33 Å². The normalized spacial score (nSPS) is 23.7. The predicted octanol–water partition coefficient (Wildman–Crippen LogP) is 2.59. The van der Waals surface area contributed by atoms with E-state index in [9.17, 15) is 4.79 Å². The molecule has 0 aromatic carbocycles. The van der Waals surface area contributed by atoms with Gasteiger partial charge in [-0.25, -0.2) is 0 Å². The minimum Gasteiger partial charge on any atom is -0.397 e. The van der Waals surface area contributed by atoms with E-state index in [2.05, 4.69) is 33.9 Å². The second-order valence-corrected chi connectivity index (χ2v) is 10.6. The molecule has 1 fully saturated rings. The van der Waals surface area contributed by atoms with Gasteiger partial charge in [-0.3, -0.25) is 4.79 Å². The molecule has 0 unspecified atom stereocenters. The number of carbonyl (C=O) groups is 1. The summed E-state index contributed by atoms with van der Waals surface area (Å²) in [6.45, 7) is 11.1. The third kappa shape index (κ3) is 2.61. The van der Waals surface area contributed by atoms with Crippen molar-refractivity contribution in [2.24, 2.45) is 0 Å². The fourth-order valence-corrected chi connectivity index (χ4v) is 2.74. The number of nitrogens with zero attached hydrogens (tertiary/aromatic N) is 1. The van der Waals surface area contributed by atoms with Gasteiger partial charge in [0.1, 0.15) is 6.23 Å². The van der Waals surface area contributed by atoms with Gasteiger partial charge in [0.25, 0.3) is 0 Å². The first kappa shape index (κ1) is 12.7. The van der Waals surface area contributed by atoms with Crippen LogP contribution in [0.15, 0.2) is 0 Å². The van der Waals surface area contributed by atoms with Crippen LogP contribution in [0.3, 0.4) is 0 Å². The summed E-state index contributed by atoms with van der Waals surface area (Å²) >= 11 is 0. The Morgan fingerprint density at radius 1 is 1.40 bits per heavy atom. The maximum absolute atomic E-state index is 11.4. The highest BCUT2D eigenvalue weighted by Gasteiger charge is 2.42. The van der Waals surface area contributed by atoms with Crippen molar-refractivity contribution in [3.8, 4) is 0 Å². The smallest absolute Gasteiger partial charge is 0.224 e. The summed E-state index contributed by atoms with van der Waals surface area (Å²) in [5, 5.41) is 0.208. The molecule has 1 amide bonds. The first-order chi connectivity index (χ1) is 6.65. The van der Waals surface area contributed by atoms with Crippen LogP contribution < -0.4 is 0 Å². The monoisotopic (exact) mass is 229 g/mol. The Labute approximate surface area is 93.9 Å². The van der Waals surface area contributed by atoms with E-state index in [1.165, 1.54) is 0 Å². The Balaban J connectivity index is 2.66. The molecule has 4 heteroatoms. The van der Waals surface area contributed by atoms with Gasteiger partial charge in [-0.2, -0.15) is 0 Å². The lowest BCUT2D eigenvalue weighted by Crippen LogP contribution is -2.47. The van der Waals surface area contributed by atoms with Crippen molar-refractivity contribution in [2.45, 2.75) is 58.0 Å². The summed E-state index contributed by atoms with van der Waals surface area (Å²) in [7, 11) is 0.105. The van der Waals surface area contributed by atoms with Crippen LogP contribution in [-0.4, -0.2) is 32.4 Å². The van der Waals surface area contributed by atoms with E-state index < -0.39 is 8.32 Å². The molecule has 3 nitrogen and oxygen atoms in total. The molecule has 1 heterocycles. The van der Waals surface area contributed by atoms with Crippen molar-refractivity contribution in [2.75, 3.05) is 7.05 Å². The molecule has 0 bridgehead atoms. The molecule has 1 rings (SSSR count). The summed E-state index contributed by atoms with van der Waals surface area (Å²) in [4.78, 5) is 13.1. The number of amides is 1. The fourth-order valence-electron chi connectivity index (χ4n) is 1.43. The highest BCUT2D eigenvalue weighted by molar-refractivity contribution is 6.74. The van der Waals surface area contributed by atoms with Crippen molar-refractivity contribution in [1.29, 1.82) is 0 Å². The molecule has 1 aliphatic rings. The number of likely N-dealkylation sites (tertiary alicyclic amines) is 1. The van der Waals surface area contributed by atoms with Crippen LogP contribution in [0.1, 0.15) is 33.6 Å². The minimum absolute atomic E-state index is 0.0124. The molecule has 0 spiro atoms. The van der Waals surface area contributed by atoms with Gasteiger partial charge in [-0.05, 0) is 18.1 Å². The van der Waals surface area contributed by atoms with E-state index in [1.807, 2.05) is 7.05 Å². The third-order valence-corrected chi connectivity index (χ3v) is 8.14. The standard InChI is InChI=1S/C11H23NO2Si/c1-11(2,3)15(5,6)14-10-8-7-9(13)12(10)4/h10H,7-8H2,1-6H3/t10-/m0/s1. The lowest BCUT2D eigenvalue weighted by atomic mass is 10.2. The Hall–Kier alpha value is -0.353. The van der Waals surface area contributed by atoms with E-state index >= 15 is 0 Å². The van der Waals surface area contributed by atoms with Crippen LogP contribution in [0.4, 0.5) is 0 Å². The summed E-state index contributed by atoms with van der Waals surface area (Å²) in [5.74, 6) is 0.207. The molecule has 0 N–H and O–H groups in total. The SMILES string of the molecule is CN1C(=O)CC[C@@H]1O[Si](C)(C)C(C)(C)C. The molecular formula is C11H23NO2Si. The number of hydrogen-bond acceptors (Lipinski definition) is 2. The van der Waals surface area contributed by atoms with Gasteiger partial charge in [-0.15, -0.1) is 0 Å². The molecule has 0 aliphatic carbocycles. The molecule has 1 atom stereocenters. The van der Waals surface area contributed by atoms with E-state index in [0.29, 0.717) is 6.42 Å². The molecule has 88 valence electrons. The highest BCUT2D eigenvalue weighted by atomic mass is 28.4. The first-order valence-electron chi connectivity index (χ1n) is 5.58. The predicted molar refractivity (Wildman–Crippen MR) is 64.1 cm³/mol. The van der Waals surface area contributed by atoms with Crippen LogP contribution in [0, 0.1) is 0 Å². The minimum atomic E-state index is -1.74. The molecule has 15 heavy (non-hydrogen) atoms. The van der Waals surface area contributed by atoms with Crippen molar-refractivity contribution in [3.05, 3.63) is 0 Å². The molecule has 0 saturated carbocycles. The van der Waals surface area contributed by atoms with Crippen molar-refractivity contribution >= 4 is 14.2 Å². The van der Waals surface area contributed by atoms with Gasteiger partial charge in [0.2, 0.25) is 5.91 Å². The molecule has 0 radical (unpaired) electrons. The topological polar surface area (TPSA) is 29.5 Å². The van der Waals surface area contributed by atoms with Gasteiger partial charge in [-0.1, -0.05) is 20.8 Å². The zero-order valence-corrected chi connectivity index (χ0v) is 11.8. The fraction of sp³-hybridized carbons (Fsp3) is 0.909. The van der Waals surface area contributed by atoms with Crippen molar-refractivity contribution < 1.29 is 9.22 Å². The van der Waals surface area contributed by atoms with Gasteiger partial charge in [0.15, 0.2) is 8.32 Å². The molecule has 1 aliphatic heterocycles. The second kappa shape index (κ2) is 3.90. The van der Waals surface area contributed by atoms with Gasteiger partial charge >= 0.3 is 0 Å². The summed E-state index contributed by atoms with van der Waals surface area (Å²) in [6, 6.07) is 0. The average molecular weight is 229 g/mol. The molecule has 0 aromatic rings. The maximum atomic E-state index is 11.4. The van der Waals surface area contributed by atoms with E-state index in [4.69, 9.17) is 4.43 Å². The van der Waals surface area contributed by atoms with Gasteiger partial charge in [0.05, 0.1) is 0 Å². The number of rotatable bonds is 2. The van der Waals surface area contributed by atoms with Crippen LogP contribution in [0.25, 0.3) is 0 Å². The zero-order valence-electron chi connectivity index (χ0n) is 10.8. The van der Waals surface area contributed by atoms with E-state index in [0.717, 1.165) is 6.42 Å². The largest absolute Gasteiger partial charge is 0.397 e. The highest BCUT2D eigenvalue weighted by Crippen LogP contribution is 2.38. The Bertz CT molecular complexity index is 258. The Morgan fingerprint density at radius 2 is 1.93 bits per heavy atom. The summed E-state index contributed by atoms with van der Waals surface area (Å²) in [6.07, 6.45) is 1.50. The lowest BCUT2D eigenvalue weighted by Gasteiger charge is -2.39. The molecular weight excluding hydrogens is 206 g/mol. The molecule has 0 aromatic heterocycles. The second-order valence-electron chi connectivity index (χ2n) is 5.88. The summed E-state index contributed by atoms with van der Waals surface area (Å²) < 4.78 is 6.19. The van der Waals surface area contributed by atoms with Crippen LogP contribution in [-0.2, 0) is 9.22 Å². The van der Waals surface area contributed by atoms with Crippen LogP contribution in [0.5, 0.6) is 0 Å². The zero-order chi connectivity index (χ0) is 11.9.